The predicted octanol–water partition coefficient (Wildman–Crippen LogP) is 3.33. The molecule has 0 spiro atoms. The molecule has 0 bridgehead atoms. The SMILES string of the molecule is Cc1nn(C)c(C)c1NC(=O)[C@@H](C)n1nc(C(F)F)c(Cl)c1C. The van der Waals surface area contributed by atoms with Gasteiger partial charge >= 0.3 is 0 Å². The summed E-state index contributed by atoms with van der Waals surface area (Å²) in [5, 5.41) is 10.6. The van der Waals surface area contributed by atoms with Gasteiger partial charge in [-0.1, -0.05) is 11.6 Å². The van der Waals surface area contributed by atoms with Crippen molar-refractivity contribution < 1.29 is 13.6 Å². The fraction of sp³-hybridized carbons (Fsp3) is 0.500. The maximum atomic E-state index is 12.9. The van der Waals surface area contributed by atoms with Crippen LogP contribution < -0.4 is 5.32 Å². The Morgan fingerprint density at radius 2 is 1.83 bits per heavy atom. The van der Waals surface area contributed by atoms with E-state index in [4.69, 9.17) is 11.6 Å². The molecule has 2 aromatic rings. The number of nitrogens with one attached hydrogen (secondary N) is 1. The van der Waals surface area contributed by atoms with Crippen LogP contribution in [0.1, 0.15) is 42.2 Å². The third-order valence-corrected chi connectivity index (χ3v) is 4.28. The quantitative estimate of drug-likeness (QED) is 0.924. The predicted molar refractivity (Wildman–Crippen MR) is 83.0 cm³/mol. The highest BCUT2D eigenvalue weighted by molar-refractivity contribution is 6.31. The molecule has 23 heavy (non-hydrogen) atoms. The van der Waals surface area contributed by atoms with Crippen LogP contribution in [0.4, 0.5) is 14.5 Å². The molecule has 1 N–H and O–H groups in total. The molecule has 1 amide bonds. The normalized spacial score (nSPS) is 12.7. The summed E-state index contributed by atoms with van der Waals surface area (Å²) in [7, 11) is 1.77. The minimum Gasteiger partial charge on any atom is -0.321 e. The van der Waals surface area contributed by atoms with Gasteiger partial charge in [-0.3, -0.25) is 14.2 Å². The Bertz CT molecular complexity index is 753. The summed E-state index contributed by atoms with van der Waals surface area (Å²) in [6, 6.07) is -0.793. The van der Waals surface area contributed by atoms with Gasteiger partial charge in [-0.05, 0) is 27.7 Å². The Morgan fingerprint density at radius 1 is 1.22 bits per heavy atom. The molecule has 126 valence electrons. The zero-order valence-electron chi connectivity index (χ0n) is 13.5. The number of rotatable bonds is 4. The molecule has 0 radical (unpaired) electrons. The molecule has 2 heterocycles. The number of aromatic nitrogens is 4. The van der Waals surface area contributed by atoms with Crippen LogP contribution in [0.15, 0.2) is 0 Å². The zero-order chi connectivity index (χ0) is 17.5. The van der Waals surface area contributed by atoms with Gasteiger partial charge in [0.05, 0.1) is 27.8 Å². The van der Waals surface area contributed by atoms with Crippen molar-refractivity contribution in [1.29, 1.82) is 0 Å². The van der Waals surface area contributed by atoms with E-state index in [0.717, 1.165) is 5.69 Å². The summed E-state index contributed by atoms with van der Waals surface area (Å²) in [5.74, 6) is -0.382. The van der Waals surface area contributed by atoms with Crippen molar-refractivity contribution in [2.24, 2.45) is 7.05 Å². The van der Waals surface area contributed by atoms with Gasteiger partial charge in [-0.25, -0.2) is 8.78 Å². The molecule has 1 atom stereocenters. The van der Waals surface area contributed by atoms with Crippen LogP contribution in [-0.4, -0.2) is 25.5 Å². The Morgan fingerprint density at radius 3 is 2.26 bits per heavy atom. The number of amides is 1. The summed E-state index contributed by atoms with van der Waals surface area (Å²) in [5.41, 5.74) is 1.89. The van der Waals surface area contributed by atoms with Crippen LogP contribution in [0.5, 0.6) is 0 Å². The van der Waals surface area contributed by atoms with Crippen LogP contribution in [0.3, 0.4) is 0 Å². The summed E-state index contributed by atoms with van der Waals surface area (Å²) in [6.07, 6.45) is -2.79. The zero-order valence-corrected chi connectivity index (χ0v) is 14.2. The average Bonchev–Trinajstić information content (AvgIpc) is 2.90. The number of hydrogen-bond acceptors (Lipinski definition) is 3. The maximum Gasteiger partial charge on any atom is 0.283 e. The smallest absolute Gasteiger partial charge is 0.283 e. The lowest BCUT2D eigenvalue weighted by molar-refractivity contribution is -0.119. The monoisotopic (exact) mass is 345 g/mol. The van der Waals surface area contributed by atoms with Crippen LogP contribution >= 0.6 is 11.6 Å². The molecule has 0 aliphatic heterocycles. The molecule has 9 heteroatoms. The molecule has 0 aliphatic carbocycles. The minimum absolute atomic E-state index is 0.117. The van der Waals surface area contributed by atoms with Gasteiger partial charge in [0.1, 0.15) is 11.7 Å². The van der Waals surface area contributed by atoms with Crippen molar-refractivity contribution in [3.05, 3.63) is 27.8 Å². The lowest BCUT2D eigenvalue weighted by atomic mass is 10.2. The van der Waals surface area contributed by atoms with Gasteiger partial charge in [0.15, 0.2) is 0 Å². The highest BCUT2D eigenvalue weighted by Crippen LogP contribution is 2.30. The van der Waals surface area contributed by atoms with E-state index in [0.29, 0.717) is 17.1 Å². The van der Waals surface area contributed by atoms with Crippen molar-refractivity contribution in [2.45, 2.75) is 40.2 Å². The van der Waals surface area contributed by atoms with E-state index >= 15 is 0 Å². The second-order valence-electron chi connectivity index (χ2n) is 5.36. The molecule has 0 saturated heterocycles. The Kier molecular flexibility index (Phi) is 4.74. The van der Waals surface area contributed by atoms with Gasteiger partial charge < -0.3 is 5.32 Å². The van der Waals surface area contributed by atoms with Crippen LogP contribution in [0.2, 0.25) is 5.02 Å². The third kappa shape index (κ3) is 3.08. The lowest BCUT2D eigenvalue weighted by Gasteiger charge is -2.14. The topological polar surface area (TPSA) is 64.7 Å². The number of carbonyl (C=O) groups is 1. The van der Waals surface area contributed by atoms with Gasteiger partial charge in [-0.15, -0.1) is 0 Å². The third-order valence-electron chi connectivity index (χ3n) is 3.81. The summed E-state index contributed by atoms with van der Waals surface area (Å²) in [4.78, 5) is 12.4. The number of anilines is 1. The Hall–Kier alpha value is -1.96. The molecule has 0 aromatic carbocycles. The fourth-order valence-corrected chi connectivity index (χ4v) is 2.54. The van der Waals surface area contributed by atoms with E-state index in [9.17, 15) is 13.6 Å². The van der Waals surface area contributed by atoms with E-state index in [1.165, 1.54) is 4.68 Å². The Balaban J connectivity index is 2.28. The first-order chi connectivity index (χ1) is 10.6. The molecule has 0 unspecified atom stereocenters. The van der Waals surface area contributed by atoms with E-state index in [1.807, 2.05) is 6.92 Å². The number of halogens is 3. The average molecular weight is 346 g/mol. The van der Waals surface area contributed by atoms with Gasteiger partial charge in [0.2, 0.25) is 5.91 Å². The first-order valence-corrected chi connectivity index (χ1v) is 7.36. The van der Waals surface area contributed by atoms with Crippen molar-refractivity contribution in [3.8, 4) is 0 Å². The van der Waals surface area contributed by atoms with Crippen molar-refractivity contribution in [2.75, 3.05) is 5.32 Å². The first-order valence-electron chi connectivity index (χ1n) is 6.98. The van der Waals surface area contributed by atoms with E-state index in [2.05, 4.69) is 15.5 Å². The number of nitrogens with zero attached hydrogens (tertiary/aromatic N) is 4. The highest BCUT2D eigenvalue weighted by atomic mass is 35.5. The fourth-order valence-electron chi connectivity index (χ4n) is 2.33. The van der Waals surface area contributed by atoms with Crippen LogP contribution in [-0.2, 0) is 11.8 Å². The van der Waals surface area contributed by atoms with Gasteiger partial charge in [0, 0.05) is 7.05 Å². The van der Waals surface area contributed by atoms with Crippen LogP contribution in [0.25, 0.3) is 0 Å². The van der Waals surface area contributed by atoms with Crippen LogP contribution in [0, 0.1) is 20.8 Å². The van der Waals surface area contributed by atoms with Crippen molar-refractivity contribution in [1.82, 2.24) is 19.6 Å². The minimum atomic E-state index is -2.79. The lowest BCUT2D eigenvalue weighted by Crippen LogP contribution is -2.25. The number of hydrogen-bond donors (Lipinski definition) is 1. The molecule has 6 nitrogen and oxygen atoms in total. The summed E-state index contributed by atoms with van der Waals surface area (Å²) in [6.45, 7) is 6.72. The standard InChI is InChI=1S/C14H18ClF2N5O/c1-6-11(8(3)21(5)19-6)18-14(23)9(4)22-7(2)10(15)12(20-22)13(16)17/h9,13H,1-5H3,(H,18,23)/t9-/m1/s1. The number of aryl methyl sites for hydroxylation is 2. The van der Waals surface area contributed by atoms with Gasteiger partial charge in [0.25, 0.3) is 6.43 Å². The Labute approximate surface area is 137 Å². The van der Waals surface area contributed by atoms with Gasteiger partial charge in [-0.2, -0.15) is 10.2 Å². The number of carbonyl (C=O) groups excluding carboxylic acids is 1. The molecule has 0 aliphatic rings. The van der Waals surface area contributed by atoms with E-state index < -0.39 is 18.2 Å². The summed E-state index contributed by atoms with van der Waals surface area (Å²) < 4.78 is 28.6. The van der Waals surface area contributed by atoms with E-state index in [1.54, 1.807) is 32.5 Å². The summed E-state index contributed by atoms with van der Waals surface area (Å²) >= 11 is 5.86. The first kappa shape index (κ1) is 17.4. The molecule has 0 saturated carbocycles. The van der Waals surface area contributed by atoms with E-state index in [-0.39, 0.29) is 10.9 Å². The molecule has 0 fully saturated rings. The molecule has 2 rings (SSSR count). The number of alkyl halides is 2. The molecular formula is C14H18ClF2N5O. The van der Waals surface area contributed by atoms with Crippen molar-refractivity contribution >= 4 is 23.2 Å². The molecular weight excluding hydrogens is 328 g/mol. The largest absolute Gasteiger partial charge is 0.321 e. The second kappa shape index (κ2) is 6.27. The highest BCUT2D eigenvalue weighted by Gasteiger charge is 2.26. The second-order valence-corrected chi connectivity index (χ2v) is 5.74. The van der Waals surface area contributed by atoms with Crippen molar-refractivity contribution in [3.63, 3.8) is 0 Å². The molecule has 2 aromatic heterocycles. The maximum absolute atomic E-state index is 12.9.